The minimum Gasteiger partial charge on any atom is -0.494 e. The summed E-state index contributed by atoms with van der Waals surface area (Å²) < 4.78 is 23.1. The molecule has 4 aromatic carbocycles. The zero-order chi connectivity index (χ0) is 41.9. The Kier molecular flexibility index (Phi) is 16.6. The van der Waals surface area contributed by atoms with Crippen LogP contribution in [0.2, 0.25) is 0 Å². The molecule has 0 spiro atoms. The second-order valence-corrected chi connectivity index (χ2v) is 14.3. The van der Waals surface area contributed by atoms with Gasteiger partial charge in [-0.25, -0.2) is 9.97 Å². The van der Waals surface area contributed by atoms with Gasteiger partial charge in [0, 0.05) is 30.5 Å². The van der Waals surface area contributed by atoms with Crippen LogP contribution >= 0.6 is 0 Å². The average Bonchev–Trinajstić information content (AvgIpc) is 3.75. The molecule has 14 heteroatoms. The molecule has 0 saturated carbocycles. The quantitative estimate of drug-likeness (QED) is 0.0307. The monoisotopic (exact) mass is 816 g/mol. The molecule has 0 bridgehead atoms. The Morgan fingerprint density at radius 1 is 0.650 bits per heavy atom. The molecule has 0 unspecified atom stereocenters. The summed E-state index contributed by atoms with van der Waals surface area (Å²) >= 11 is 0. The molecule has 0 amide bonds. The number of hydrogen-bond acceptors (Lipinski definition) is 14. The van der Waals surface area contributed by atoms with E-state index in [0.29, 0.717) is 25.6 Å². The number of nitrogens with zero attached hydrogens (tertiary/aromatic N) is 5. The second kappa shape index (κ2) is 22.9. The highest BCUT2D eigenvalue weighted by Gasteiger charge is 2.14. The molecule has 3 heterocycles. The third-order valence-corrected chi connectivity index (χ3v) is 10.0. The van der Waals surface area contributed by atoms with Crippen molar-refractivity contribution < 1.29 is 18.9 Å². The topological polar surface area (TPSA) is 180 Å². The van der Waals surface area contributed by atoms with Crippen LogP contribution in [0.5, 0.6) is 23.0 Å². The lowest BCUT2D eigenvalue weighted by Gasteiger charge is -2.21. The molecule has 0 atom stereocenters. The van der Waals surface area contributed by atoms with Gasteiger partial charge in [0.05, 0.1) is 17.6 Å². The molecule has 14 nitrogen and oxygen atoms in total. The molecule has 1 aliphatic heterocycles. The summed E-state index contributed by atoms with van der Waals surface area (Å²) in [6.07, 6.45) is 6.42. The van der Waals surface area contributed by atoms with Crippen LogP contribution in [0.1, 0.15) is 70.4 Å². The number of fused-ring (bicyclic) bond motifs is 3. The maximum atomic E-state index is 6.13. The van der Waals surface area contributed by atoms with Crippen LogP contribution in [0.3, 0.4) is 0 Å². The third kappa shape index (κ3) is 12.7. The normalized spacial score (nSPS) is 11.7. The maximum Gasteiger partial charge on any atom is 0.231 e. The minimum atomic E-state index is 0.217. The first kappa shape index (κ1) is 43.5. The lowest BCUT2D eigenvalue weighted by atomic mass is 10.2. The van der Waals surface area contributed by atoms with E-state index in [1.807, 2.05) is 86.6 Å². The molecule has 7 rings (SSSR count). The maximum absolute atomic E-state index is 6.13. The number of nitrogens with two attached hydrogens (primary N) is 2. The van der Waals surface area contributed by atoms with E-state index in [1.165, 1.54) is 0 Å². The summed E-state index contributed by atoms with van der Waals surface area (Å²) in [7, 11) is 0. The molecule has 7 N–H and O–H groups in total. The first-order chi connectivity index (χ1) is 29.5. The van der Waals surface area contributed by atoms with Gasteiger partial charge in [0.2, 0.25) is 18.7 Å². The predicted molar refractivity (Wildman–Crippen MR) is 242 cm³/mol. The van der Waals surface area contributed by atoms with Gasteiger partial charge in [0.25, 0.3) is 0 Å². The van der Waals surface area contributed by atoms with Crippen molar-refractivity contribution in [2.75, 3.05) is 68.3 Å². The molecule has 0 fully saturated rings. The Balaban J connectivity index is 0.00000297. The fourth-order valence-electron chi connectivity index (χ4n) is 6.83. The molecule has 6 aromatic rings. The Morgan fingerprint density at radius 3 is 2.05 bits per heavy atom. The Hall–Kier alpha value is -6.12. The molecular weight excluding hydrogens is 757 g/mol. The molecule has 318 valence electrons. The Labute approximate surface area is 353 Å². The summed E-state index contributed by atoms with van der Waals surface area (Å²) in [6, 6.07) is 27.7. The number of benzene rings is 4. The van der Waals surface area contributed by atoms with Gasteiger partial charge in [-0.15, -0.1) is 0 Å². The van der Waals surface area contributed by atoms with E-state index in [2.05, 4.69) is 59.8 Å². The number of ether oxygens (including phenoxy) is 4. The van der Waals surface area contributed by atoms with Crippen LogP contribution in [0.25, 0.3) is 21.8 Å². The second-order valence-electron chi connectivity index (χ2n) is 14.3. The van der Waals surface area contributed by atoms with Crippen LogP contribution in [-0.2, 0) is 13.2 Å². The van der Waals surface area contributed by atoms with Gasteiger partial charge in [-0.1, -0.05) is 63.6 Å². The lowest BCUT2D eigenvalue weighted by molar-refractivity contribution is 0.174. The molecule has 60 heavy (non-hydrogen) atoms. The molecule has 0 saturated heterocycles. The summed E-state index contributed by atoms with van der Waals surface area (Å²) in [5.74, 6) is 4.93. The first-order valence-electron chi connectivity index (χ1n) is 21.2. The number of nitrogens with one attached hydrogen (secondary N) is 3. The first-order valence-corrected chi connectivity index (χ1v) is 21.2. The number of anilines is 4. The van der Waals surface area contributed by atoms with Gasteiger partial charge in [0.15, 0.2) is 11.5 Å². The number of hydrogen-bond donors (Lipinski definition) is 5. The van der Waals surface area contributed by atoms with Gasteiger partial charge in [0.1, 0.15) is 29.7 Å². The summed E-state index contributed by atoms with van der Waals surface area (Å²) in [5.41, 5.74) is 15.8. The van der Waals surface area contributed by atoms with Crippen LogP contribution < -0.4 is 46.4 Å². The van der Waals surface area contributed by atoms with Gasteiger partial charge >= 0.3 is 0 Å². The smallest absolute Gasteiger partial charge is 0.231 e. The number of rotatable bonds is 23. The van der Waals surface area contributed by atoms with E-state index in [-0.39, 0.29) is 18.7 Å². The van der Waals surface area contributed by atoms with E-state index >= 15 is 0 Å². The highest BCUT2D eigenvalue weighted by Crippen LogP contribution is 2.33. The van der Waals surface area contributed by atoms with E-state index in [0.717, 1.165) is 133 Å². The Bertz CT molecular complexity index is 2240. The number of aromatic nitrogens is 4. The van der Waals surface area contributed by atoms with Crippen molar-refractivity contribution in [2.24, 2.45) is 0 Å². The molecule has 0 aliphatic carbocycles. The summed E-state index contributed by atoms with van der Waals surface area (Å²) in [4.78, 5) is 20.2. The van der Waals surface area contributed by atoms with Crippen LogP contribution in [0.4, 0.5) is 23.5 Å². The average molecular weight is 817 g/mol. The molecule has 2 aromatic heterocycles. The predicted octanol–water partition coefficient (Wildman–Crippen LogP) is 8.38. The minimum absolute atomic E-state index is 0.217. The summed E-state index contributed by atoms with van der Waals surface area (Å²) in [6.45, 7) is 12.9. The van der Waals surface area contributed by atoms with Gasteiger partial charge in [-0.05, 0) is 111 Å². The van der Waals surface area contributed by atoms with Gasteiger partial charge in [-0.2, -0.15) is 9.97 Å². The van der Waals surface area contributed by atoms with Crippen molar-refractivity contribution in [1.29, 1.82) is 0 Å². The standard InChI is InChI=1S/C44H54N10O4.C2H6/c1-2-54(22-10-4-9-21-48-41-35-26-34(16-18-37(35)50-43(45)52-41)56-28-31-12-6-3-7-13-31)29-47-20-8-5-11-23-55-33-15-17-38-36(25-33)42(53-44(46)51-38)49-27-32-14-19-39-40(24-32)58-30-57-39;1-2/h3,6-7,12-19,24-26,47H,2,4-5,8-11,20-23,27-30H2,1H3,(H3,45,48,50,52)(H3,46,49,51,53);1-2H3. The van der Waals surface area contributed by atoms with E-state index in [9.17, 15) is 0 Å². The van der Waals surface area contributed by atoms with Crippen LogP contribution in [0, 0.1) is 0 Å². The van der Waals surface area contributed by atoms with Crippen LogP contribution in [-0.4, -0.2) is 71.1 Å². The van der Waals surface area contributed by atoms with Crippen LogP contribution in [0.15, 0.2) is 84.9 Å². The highest BCUT2D eigenvalue weighted by molar-refractivity contribution is 5.92. The molecule has 0 radical (unpaired) electrons. The largest absolute Gasteiger partial charge is 0.494 e. The van der Waals surface area contributed by atoms with Gasteiger partial charge in [-0.3, -0.25) is 4.90 Å². The van der Waals surface area contributed by atoms with E-state index in [1.54, 1.807) is 0 Å². The summed E-state index contributed by atoms with van der Waals surface area (Å²) in [5, 5.41) is 12.3. The zero-order valence-corrected chi connectivity index (χ0v) is 35.2. The fourth-order valence-corrected chi connectivity index (χ4v) is 6.83. The van der Waals surface area contributed by atoms with Crippen molar-refractivity contribution in [3.05, 3.63) is 96.1 Å². The fraction of sp³-hybridized carbons (Fsp3) is 0.391. The van der Waals surface area contributed by atoms with E-state index in [4.69, 9.17) is 30.4 Å². The number of nitrogen functional groups attached to an aromatic ring is 2. The molecule has 1 aliphatic rings. The van der Waals surface area contributed by atoms with Crippen molar-refractivity contribution >= 4 is 45.3 Å². The molecular formula is C46H60N10O4. The third-order valence-electron chi connectivity index (χ3n) is 10.0. The van der Waals surface area contributed by atoms with Gasteiger partial charge < -0.3 is 46.4 Å². The highest BCUT2D eigenvalue weighted by atomic mass is 16.7. The zero-order valence-electron chi connectivity index (χ0n) is 35.2. The van der Waals surface area contributed by atoms with Crippen molar-refractivity contribution in [3.8, 4) is 23.0 Å². The van der Waals surface area contributed by atoms with E-state index < -0.39 is 0 Å². The SMILES string of the molecule is CC.CCN(CCCCCNc1nc(N)nc2ccc(OCc3ccccc3)cc12)CNCCCCCOc1ccc2nc(N)nc(NCc3ccc4c(c3)OCO4)c2c1. The Morgan fingerprint density at radius 2 is 1.32 bits per heavy atom. The lowest BCUT2D eigenvalue weighted by Crippen LogP contribution is -2.35. The number of unbranched alkanes of at least 4 members (excludes halogenated alkanes) is 4. The van der Waals surface area contributed by atoms with Crippen molar-refractivity contribution in [1.82, 2.24) is 30.2 Å². The van der Waals surface area contributed by atoms with Crippen molar-refractivity contribution in [2.45, 2.75) is 72.4 Å². The van der Waals surface area contributed by atoms with Crippen molar-refractivity contribution in [3.63, 3.8) is 0 Å².